The number of nitrogens with zero attached hydrogens (tertiary/aromatic N) is 1. The van der Waals surface area contributed by atoms with E-state index in [1.165, 1.54) is 63.8 Å². The number of pyridine rings is 1. The summed E-state index contributed by atoms with van der Waals surface area (Å²) >= 11 is 0. The first kappa shape index (κ1) is 49.6. The monoisotopic (exact) mass is 797 g/mol. The highest BCUT2D eigenvalue weighted by molar-refractivity contribution is 6.17. The number of allylic oxidation sites excluding steroid dienone is 11. The van der Waals surface area contributed by atoms with Crippen LogP contribution in [0.5, 0.6) is 0 Å². The quantitative estimate of drug-likeness (QED) is 0.0534. The maximum Gasteiger partial charge on any atom is 0.0802 e. The molecule has 312 valence electrons. The second-order valence-electron chi connectivity index (χ2n) is 13.7. The van der Waals surface area contributed by atoms with Gasteiger partial charge in [-0.1, -0.05) is 208 Å². The predicted octanol–water partition coefficient (Wildman–Crippen LogP) is 15.6. The van der Waals surface area contributed by atoms with Crippen molar-refractivity contribution in [3.8, 4) is 0 Å². The number of aryl methyl sites for hydroxylation is 2. The van der Waals surface area contributed by atoms with Gasteiger partial charge in [-0.15, -0.1) is 0 Å². The van der Waals surface area contributed by atoms with Crippen molar-refractivity contribution in [2.24, 2.45) is 0 Å². The third-order valence-corrected chi connectivity index (χ3v) is 9.62. The zero-order valence-electron chi connectivity index (χ0n) is 37.2. The molecule has 4 nitrogen and oxygen atoms in total. The minimum absolute atomic E-state index is 0.613. The molecular formula is C56H68N4. The minimum Gasteiger partial charge on any atom is -0.397 e. The Morgan fingerprint density at radius 1 is 0.633 bits per heavy atom. The van der Waals surface area contributed by atoms with Crippen LogP contribution in [0, 0.1) is 19.3 Å². The van der Waals surface area contributed by atoms with Crippen LogP contribution in [-0.2, 0) is 6.42 Å². The van der Waals surface area contributed by atoms with Crippen molar-refractivity contribution in [3.05, 3.63) is 216 Å². The summed E-state index contributed by atoms with van der Waals surface area (Å²) in [6, 6.07) is 41.6. The standard InChI is InChI=1S/C20H20.C13H11N3.C11H14.C7H8.2C2H6.CH3N/c1-16-7-11-19(12-8-16)20-13-9-18(10-14-20)15-17-5-3-2-4-6-17;14-11-8-4-1-2-5-9(8)13-10(12(11)15)6-3-7-16-13;1-3-4-8-11-9-6-5-7-10(11)2;1-7-5-3-2-4-6-7;3*1-2/h2-9,11-13H,10,14-15H2,1H3;1-7H,14-15H2;3-4,6,8-9H,1,5,7H2,2H3;2-6H,1H3;2*1-2H3;2H,1H2/b;;8-4-;;;;. The fraction of sp³-hybridized carbons (Fsp3) is 0.214. The first-order valence-electron chi connectivity index (χ1n) is 21.2. The van der Waals surface area contributed by atoms with Crippen LogP contribution in [0.15, 0.2) is 193 Å². The summed E-state index contributed by atoms with van der Waals surface area (Å²) in [4.78, 5) is 4.38. The van der Waals surface area contributed by atoms with E-state index in [1.807, 2.05) is 94.4 Å². The maximum absolute atomic E-state index is 6.03. The summed E-state index contributed by atoms with van der Waals surface area (Å²) in [5.41, 5.74) is 25.4. The molecule has 0 saturated heterocycles. The average Bonchev–Trinajstić information content (AvgIpc) is 3.32. The van der Waals surface area contributed by atoms with Gasteiger partial charge < -0.3 is 16.9 Å². The third-order valence-electron chi connectivity index (χ3n) is 9.62. The molecule has 0 unspecified atom stereocenters. The number of nitrogens with two attached hydrogens (primary N) is 2. The zero-order chi connectivity index (χ0) is 44.1. The molecule has 2 aliphatic carbocycles. The van der Waals surface area contributed by atoms with Crippen LogP contribution in [-0.4, -0.2) is 11.7 Å². The van der Waals surface area contributed by atoms with Crippen molar-refractivity contribution in [2.45, 2.75) is 80.6 Å². The van der Waals surface area contributed by atoms with Crippen LogP contribution in [0.2, 0.25) is 0 Å². The van der Waals surface area contributed by atoms with Crippen molar-refractivity contribution < 1.29 is 0 Å². The predicted molar refractivity (Wildman–Crippen MR) is 269 cm³/mol. The summed E-state index contributed by atoms with van der Waals surface area (Å²) in [7, 11) is 0. The molecule has 0 saturated carbocycles. The molecular weight excluding hydrogens is 729 g/mol. The molecule has 6 aromatic rings. The Labute approximate surface area is 362 Å². The number of aromatic nitrogens is 1. The molecule has 4 heteroatoms. The number of hydrogen-bond acceptors (Lipinski definition) is 4. The lowest BCUT2D eigenvalue weighted by molar-refractivity contribution is 0.923. The highest BCUT2D eigenvalue weighted by Gasteiger charge is 2.10. The molecule has 0 bridgehead atoms. The number of fused-ring (bicyclic) bond motifs is 3. The highest BCUT2D eigenvalue weighted by Crippen LogP contribution is 2.35. The summed E-state index contributed by atoms with van der Waals surface area (Å²) in [5.74, 6) is 0. The molecule has 0 radical (unpaired) electrons. The summed E-state index contributed by atoms with van der Waals surface area (Å²) in [5, 5.41) is 8.43. The van der Waals surface area contributed by atoms with Gasteiger partial charge in [-0.05, 0) is 94.0 Å². The largest absolute Gasteiger partial charge is 0.397 e. The number of rotatable bonds is 5. The Bertz CT molecular complexity index is 2250. The smallest absolute Gasteiger partial charge is 0.0802 e. The van der Waals surface area contributed by atoms with E-state index in [0.29, 0.717) is 11.4 Å². The zero-order valence-corrected chi connectivity index (χ0v) is 37.2. The lowest BCUT2D eigenvalue weighted by atomic mass is 9.90. The maximum atomic E-state index is 6.03. The average molecular weight is 797 g/mol. The molecule has 60 heavy (non-hydrogen) atoms. The normalized spacial score (nSPS) is 12.4. The van der Waals surface area contributed by atoms with Crippen LogP contribution >= 0.6 is 0 Å². The first-order valence-corrected chi connectivity index (χ1v) is 21.2. The van der Waals surface area contributed by atoms with Gasteiger partial charge in [-0.2, -0.15) is 0 Å². The molecule has 8 rings (SSSR count). The SMILES string of the molecule is C=C/C=C\C1=C(C)CCC=C1.C=N.CC.CC.Cc1ccc(C2=CC=C(Cc3ccccc3)CC2)cc1.Cc1ccccc1.Nc1c(N)c2cccnc2c2ccccc12. The highest BCUT2D eigenvalue weighted by atomic mass is 14.7. The molecule has 2 aliphatic rings. The number of nitrogen functional groups attached to an aromatic ring is 2. The minimum atomic E-state index is 0.613. The topological polar surface area (TPSA) is 88.8 Å². The summed E-state index contributed by atoms with van der Waals surface area (Å²) in [6.45, 7) is 20.5. The van der Waals surface area contributed by atoms with E-state index < -0.39 is 0 Å². The lowest BCUT2D eigenvalue weighted by Crippen LogP contribution is -1.98. The number of hydrogen-bond donors (Lipinski definition) is 3. The van der Waals surface area contributed by atoms with Gasteiger partial charge in [0.05, 0.1) is 16.9 Å². The fourth-order valence-corrected chi connectivity index (χ4v) is 6.45. The molecule has 5 N–H and O–H groups in total. The van der Waals surface area contributed by atoms with Gasteiger partial charge in [-0.25, -0.2) is 0 Å². The molecule has 5 aromatic carbocycles. The second kappa shape index (κ2) is 28.8. The summed E-state index contributed by atoms with van der Waals surface area (Å²) in [6.07, 6.45) is 22.5. The Hall–Kier alpha value is -6.52. The van der Waals surface area contributed by atoms with Gasteiger partial charge in [0.2, 0.25) is 0 Å². The third kappa shape index (κ3) is 16.0. The Morgan fingerprint density at radius 3 is 1.77 bits per heavy atom. The molecule has 1 heterocycles. The van der Waals surface area contributed by atoms with E-state index in [-0.39, 0.29) is 0 Å². The van der Waals surface area contributed by atoms with Gasteiger partial charge in [0.1, 0.15) is 0 Å². The van der Waals surface area contributed by atoms with Crippen LogP contribution in [0.1, 0.15) is 82.6 Å². The van der Waals surface area contributed by atoms with Crippen LogP contribution in [0.3, 0.4) is 0 Å². The summed E-state index contributed by atoms with van der Waals surface area (Å²) < 4.78 is 0. The van der Waals surface area contributed by atoms with Crippen molar-refractivity contribution in [3.63, 3.8) is 0 Å². The molecule has 0 atom stereocenters. The number of nitrogens with one attached hydrogen (secondary N) is 1. The van der Waals surface area contributed by atoms with Crippen molar-refractivity contribution >= 4 is 45.3 Å². The van der Waals surface area contributed by atoms with Crippen molar-refractivity contribution in [2.75, 3.05) is 11.5 Å². The van der Waals surface area contributed by atoms with E-state index in [0.717, 1.165) is 34.5 Å². The molecule has 1 aromatic heterocycles. The first-order chi connectivity index (χ1) is 29.3. The van der Waals surface area contributed by atoms with Crippen LogP contribution < -0.4 is 11.5 Å². The van der Waals surface area contributed by atoms with Gasteiger partial charge in [0.15, 0.2) is 0 Å². The van der Waals surface area contributed by atoms with Gasteiger partial charge in [0, 0.05) is 22.4 Å². The Kier molecular flexibility index (Phi) is 23.8. The van der Waals surface area contributed by atoms with Crippen molar-refractivity contribution in [1.82, 2.24) is 4.98 Å². The second-order valence-corrected chi connectivity index (χ2v) is 13.7. The Balaban J connectivity index is 0.000000278. The lowest BCUT2D eigenvalue weighted by Gasteiger charge is -2.15. The van der Waals surface area contributed by atoms with Crippen LogP contribution in [0.25, 0.3) is 27.2 Å². The van der Waals surface area contributed by atoms with Crippen molar-refractivity contribution in [1.29, 1.82) is 5.41 Å². The van der Waals surface area contributed by atoms with E-state index in [1.54, 1.807) is 6.20 Å². The van der Waals surface area contributed by atoms with Gasteiger partial charge in [0.25, 0.3) is 0 Å². The molecule has 0 fully saturated rings. The van der Waals surface area contributed by atoms with Gasteiger partial charge in [-0.3, -0.25) is 4.98 Å². The van der Waals surface area contributed by atoms with Gasteiger partial charge >= 0.3 is 0 Å². The van der Waals surface area contributed by atoms with E-state index in [4.69, 9.17) is 16.9 Å². The molecule has 0 aliphatic heterocycles. The van der Waals surface area contributed by atoms with E-state index in [2.05, 4.69) is 136 Å². The molecule has 0 amide bonds. The number of anilines is 2. The van der Waals surface area contributed by atoms with Crippen LogP contribution in [0.4, 0.5) is 11.4 Å². The van der Waals surface area contributed by atoms with E-state index >= 15 is 0 Å². The molecule has 0 spiro atoms. The Morgan fingerprint density at radius 2 is 1.20 bits per heavy atom. The number of benzene rings is 5. The fourth-order valence-electron chi connectivity index (χ4n) is 6.45. The van der Waals surface area contributed by atoms with E-state index in [9.17, 15) is 0 Å².